The standard InChI is InChI=1S/C20H39N3O3.C6H15N.C5H12/c1-9-10-16(24)21-13-20(7,8)12-19(5,6)11-17(25)23-15(4)18(26)22-14(2)3;1-4-5-6(2,3)7;1-3-5-4-2/h14-15H,9-13H2,1-8H3,(H,21,24)(H,22,26)(H,23,25);4-5,7H2,1-3H3;3-5H2,1-2H3. The van der Waals surface area contributed by atoms with Crippen LogP contribution < -0.4 is 21.7 Å². The Morgan fingerprint density at radius 3 is 1.61 bits per heavy atom. The molecule has 0 saturated heterocycles. The number of carbonyl (C=O) groups is 3. The maximum absolute atomic E-state index is 12.3. The number of rotatable bonds is 15. The number of nitrogens with one attached hydrogen (secondary N) is 3. The second-order valence-corrected chi connectivity index (χ2v) is 13.3. The van der Waals surface area contributed by atoms with Gasteiger partial charge in [0, 0.05) is 31.0 Å². The fourth-order valence-electron chi connectivity index (χ4n) is 4.27. The van der Waals surface area contributed by atoms with Gasteiger partial charge in [0.05, 0.1) is 0 Å². The minimum absolute atomic E-state index is 0.0435. The third-order valence-corrected chi connectivity index (χ3v) is 5.64. The van der Waals surface area contributed by atoms with Crippen molar-refractivity contribution in [1.29, 1.82) is 0 Å². The van der Waals surface area contributed by atoms with Crippen molar-refractivity contribution in [2.24, 2.45) is 16.6 Å². The fourth-order valence-corrected chi connectivity index (χ4v) is 4.27. The molecule has 0 radical (unpaired) electrons. The number of carbonyl (C=O) groups excluding carboxylic acids is 3. The van der Waals surface area contributed by atoms with Crippen molar-refractivity contribution in [3.05, 3.63) is 0 Å². The van der Waals surface area contributed by atoms with Crippen molar-refractivity contribution in [2.45, 2.75) is 165 Å². The summed E-state index contributed by atoms with van der Waals surface area (Å²) in [6.45, 7) is 27.0. The quantitative estimate of drug-likeness (QED) is 0.189. The molecule has 0 bridgehead atoms. The normalized spacial score (nSPS) is 12.4. The van der Waals surface area contributed by atoms with E-state index < -0.39 is 6.04 Å². The number of unbranched alkanes of at least 4 members (excludes halogenated alkanes) is 2. The van der Waals surface area contributed by atoms with E-state index in [9.17, 15) is 14.4 Å². The maximum Gasteiger partial charge on any atom is 0.242 e. The monoisotopic (exact) mass is 543 g/mol. The zero-order valence-electron chi connectivity index (χ0n) is 27.5. The minimum atomic E-state index is -0.554. The molecule has 0 rings (SSSR count). The minimum Gasteiger partial charge on any atom is -0.356 e. The van der Waals surface area contributed by atoms with E-state index in [0.717, 1.165) is 19.3 Å². The van der Waals surface area contributed by atoms with Gasteiger partial charge in [0.1, 0.15) is 6.04 Å². The molecule has 3 amide bonds. The van der Waals surface area contributed by atoms with Crippen molar-refractivity contribution in [3.63, 3.8) is 0 Å². The molecule has 1 atom stereocenters. The van der Waals surface area contributed by atoms with Crippen molar-refractivity contribution < 1.29 is 14.4 Å². The van der Waals surface area contributed by atoms with Crippen LogP contribution in [0.5, 0.6) is 0 Å². The van der Waals surface area contributed by atoms with Gasteiger partial charge in [-0.3, -0.25) is 14.4 Å². The smallest absolute Gasteiger partial charge is 0.242 e. The van der Waals surface area contributed by atoms with Crippen molar-refractivity contribution in [3.8, 4) is 0 Å². The van der Waals surface area contributed by atoms with Crippen LogP contribution in [0.4, 0.5) is 0 Å². The number of hydrogen-bond donors (Lipinski definition) is 4. The van der Waals surface area contributed by atoms with Gasteiger partial charge in [-0.25, -0.2) is 0 Å². The lowest BCUT2D eigenvalue weighted by atomic mass is 9.73. The molecule has 0 aromatic rings. The molecule has 5 N–H and O–H groups in total. The molecular weight excluding hydrogens is 476 g/mol. The Hall–Kier alpha value is -1.63. The van der Waals surface area contributed by atoms with E-state index in [0.29, 0.717) is 19.4 Å². The molecule has 0 aliphatic carbocycles. The lowest BCUT2D eigenvalue weighted by Gasteiger charge is -2.35. The largest absolute Gasteiger partial charge is 0.356 e. The number of hydrogen-bond acceptors (Lipinski definition) is 4. The molecule has 38 heavy (non-hydrogen) atoms. The Labute approximate surface area is 236 Å². The lowest BCUT2D eigenvalue weighted by Crippen LogP contribution is -2.47. The molecule has 0 aliphatic heterocycles. The molecule has 0 aliphatic rings. The Balaban J connectivity index is -0.000000839. The predicted octanol–water partition coefficient (Wildman–Crippen LogP) is 6.48. The zero-order chi connectivity index (χ0) is 30.6. The topological polar surface area (TPSA) is 113 Å². The van der Waals surface area contributed by atoms with Crippen LogP contribution in [-0.4, -0.2) is 41.9 Å². The van der Waals surface area contributed by atoms with Gasteiger partial charge in [-0.2, -0.15) is 0 Å². The van der Waals surface area contributed by atoms with Crippen LogP contribution in [0.2, 0.25) is 0 Å². The highest BCUT2D eigenvalue weighted by molar-refractivity contribution is 5.87. The van der Waals surface area contributed by atoms with Crippen LogP contribution in [0.25, 0.3) is 0 Å². The summed E-state index contributed by atoms with van der Waals surface area (Å²) in [6, 6.07) is -0.510. The van der Waals surface area contributed by atoms with Gasteiger partial charge in [0.25, 0.3) is 0 Å². The summed E-state index contributed by atoms with van der Waals surface area (Å²) in [5, 5.41) is 8.54. The Bertz CT molecular complexity index is 636. The van der Waals surface area contributed by atoms with Crippen molar-refractivity contribution in [2.75, 3.05) is 6.54 Å². The first-order valence-corrected chi connectivity index (χ1v) is 14.9. The summed E-state index contributed by atoms with van der Waals surface area (Å²) in [5.41, 5.74) is 5.34. The highest BCUT2D eigenvalue weighted by Gasteiger charge is 2.31. The van der Waals surface area contributed by atoms with E-state index in [1.807, 2.05) is 34.6 Å². The van der Waals surface area contributed by atoms with Gasteiger partial charge in [0.15, 0.2) is 0 Å². The summed E-state index contributed by atoms with van der Waals surface area (Å²) in [7, 11) is 0. The third kappa shape index (κ3) is 28.9. The molecule has 228 valence electrons. The molecule has 0 heterocycles. The van der Waals surface area contributed by atoms with Crippen LogP contribution in [0, 0.1) is 10.8 Å². The molecule has 0 aromatic carbocycles. The highest BCUT2D eigenvalue weighted by Crippen LogP contribution is 2.35. The molecule has 0 fully saturated rings. The average Bonchev–Trinajstić information content (AvgIpc) is 2.71. The van der Waals surface area contributed by atoms with E-state index in [1.165, 1.54) is 25.7 Å². The van der Waals surface area contributed by atoms with Gasteiger partial charge < -0.3 is 21.7 Å². The fraction of sp³-hybridized carbons (Fsp3) is 0.903. The zero-order valence-corrected chi connectivity index (χ0v) is 27.5. The van der Waals surface area contributed by atoms with Crippen LogP contribution in [0.1, 0.15) is 148 Å². The first-order chi connectivity index (χ1) is 17.3. The second-order valence-electron chi connectivity index (χ2n) is 13.3. The predicted molar refractivity (Wildman–Crippen MR) is 164 cm³/mol. The SMILES string of the molecule is CCCC(=O)NCC(C)(C)CC(C)(C)CC(=O)NC(C)C(=O)NC(C)C.CCCC(C)(C)N.CCCCC. The second kappa shape index (κ2) is 21.2. The Morgan fingerprint density at radius 2 is 1.26 bits per heavy atom. The third-order valence-electron chi connectivity index (χ3n) is 5.64. The van der Waals surface area contributed by atoms with E-state index in [4.69, 9.17) is 5.73 Å². The molecule has 0 aromatic heterocycles. The van der Waals surface area contributed by atoms with Crippen molar-refractivity contribution >= 4 is 17.7 Å². The van der Waals surface area contributed by atoms with Gasteiger partial charge in [-0.05, 0) is 64.7 Å². The van der Waals surface area contributed by atoms with Crippen LogP contribution in [0.15, 0.2) is 0 Å². The van der Waals surface area contributed by atoms with Gasteiger partial charge in [-0.1, -0.05) is 81.1 Å². The van der Waals surface area contributed by atoms with Gasteiger partial charge in [-0.15, -0.1) is 0 Å². The maximum atomic E-state index is 12.3. The van der Waals surface area contributed by atoms with Crippen molar-refractivity contribution in [1.82, 2.24) is 16.0 Å². The van der Waals surface area contributed by atoms with Crippen LogP contribution >= 0.6 is 0 Å². The summed E-state index contributed by atoms with van der Waals surface area (Å²) >= 11 is 0. The Kier molecular flexibility index (Phi) is 22.8. The highest BCUT2D eigenvalue weighted by atomic mass is 16.2. The van der Waals surface area contributed by atoms with Gasteiger partial charge in [0.2, 0.25) is 17.7 Å². The molecule has 1 unspecified atom stereocenters. The molecule has 7 nitrogen and oxygen atoms in total. The molecule has 7 heteroatoms. The van der Waals surface area contributed by atoms with E-state index in [1.54, 1.807) is 6.92 Å². The van der Waals surface area contributed by atoms with E-state index in [-0.39, 0.29) is 40.1 Å². The number of amides is 3. The Morgan fingerprint density at radius 1 is 0.737 bits per heavy atom. The molecular formula is C31H66N4O3. The summed E-state index contributed by atoms with van der Waals surface area (Å²) in [5.74, 6) is -0.238. The average molecular weight is 543 g/mol. The number of nitrogens with two attached hydrogens (primary N) is 1. The first-order valence-electron chi connectivity index (χ1n) is 14.9. The summed E-state index contributed by atoms with van der Waals surface area (Å²) in [6.07, 6.45) is 8.87. The molecule has 0 spiro atoms. The van der Waals surface area contributed by atoms with Crippen LogP contribution in [-0.2, 0) is 14.4 Å². The first kappa shape index (κ1) is 40.9. The van der Waals surface area contributed by atoms with E-state index in [2.05, 4.69) is 64.4 Å². The van der Waals surface area contributed by atoms with Crippen LogP contribution in [0.3, 0.4) is 0 Å². The molecule has 0 saturated carbocycles. The lowest BCUT2D eigenvalue weighted by molar-refractivity contribution is -0.130. The summed E-state index contributed by atoms with van der Waals surface area (Å²) in [4.78, 5) is 35.9. The summed E-state index contributed by atoms with van der Waals surface area (Å²) < 4.78 is 0. The van der Waals surface area contributed by atoms with E-state index >= 15 is 0 Å². The van der Waals surface area contributed by atoms with Gasteiger partial charge >= 0.3 is 0 Å².